The van der Waals surface area contributed by atoms with Crippen LogP contribution in [0, 0.1) is 17.5 Å². The van der Waals surface area contributed by atoms with Crippen molar-refractivity contribution in [1.82, 2.24) is 10.3 Å². The van der Waals surface area contributed by atoms with E-state index >= 15 is 0 Å². The maximum Gasteiger partial charge on any atom is 0.320 e. The maximum absolute atomic E-state index is 13.9. The van der Waals surface area contributed by atoms with E-state index in [2.05, 4.69) is 20.9 Å². The van der Waals surface area contributed by atoms with Crippen molar-refractivity contribution in [2.24, 2.45) is 0 Å². The summed E-state index contributed by atoms with van der Waals surface area (Å²) < 4.78 is 52.5. The number of fused-ring (bicyclic) bond motifs is 4. The molecule has 3 aliphatic rings. The molecule has 6 rings (SSSR count). The number of hydrogen-bond donors (Lipinski definition) is 3. The fourth-order valence-corrected chi connectivity index (χ4v) is 4.49. The molecule has 1 unspecified atom stereocenters. The Balaban J connectivity index is 1.23. The number of amides is 3. The molecule has 35 heavy (non-hydrogen) atoms. The number of anilines is 2. The van der Waals surface area contributed by atoms with Gasteiger partial charge in [0, 0.05) is 42.3 Å². The minimum Gasteiger partial charge on any atom is -0.487 e. The SMILES string of the molecule is O=C1CCc2c(Oc3ccc4c(c3)C3(NC(=O)Nc5cc(F)c(F)cc5F)C[C@@H]3O4)ccnc2N1. The maximum atomic E-state index is 13.9. The van der Waals surface area contributed by atoms with Crippen molar-refractivity contribution < 1.29 is 32.2 Å². The highest BCUT2D eigenvalue weighted by atomic mass is 19.2. The second-order valence-electron chi connectivity index (χ2n) is 8.55. The molecule has 2 aromatic carbocycles. The van der Waals surface area contributed by atoms with E-state index < -0.39 is 34.7 Å². The Morgan fingerprint density at radius 2 is 1.94 bits per heavy atom. The van der Waals surface area contributed by atoms with Crippen molar-refractivity contribution in [1.29, 1.82) is 0 Å². The van der Waals surface area contributed by atoms with Gasteiger partial charge in [0.2, 0.25) is 5.91 Å². The molecule has 3 heterocycles. The van der Waals surface area contributed by atoms with Gasteiger partial charge in [-0.25, -0.2) is 22.9 Å². The first-order valence-corrected chi connectivity index (χ1v) is 10.8. The van der Waals surface area contributed by atoms with Crippen LogP contribution in [0.1, 0.15) is 24.0 Å². The van der Waals surface area contributed by atoms with E-state index in [-0.39, 0.29) is 12.0 Å². The quantitative estimate of drug-likeness (QED) is 0.480. The summed E-state index contributed by atoms with van der Waals surface area (Å²) in [5, 5.41) is 7.71. The van der Waals surface area contributed by atoms with Gasteiger partial charge in [-0.2, -0.15) is 0 Å². The lowest BCUT2D eigenvalue weighted by atomic mass is 10.0. The highest BCUT2D eigenvalue weighted by Gasteiger charge is 2.64. The Labute approximate surface area is 196 Å². The molecule has 3 N–H and O–H groups in total. The summed E-state index contributed by atoms with van der Waals surface area (Å²) in [7, 11) is 0. The van der Waals surface area contributed by atoms with Crippen LogP contribution in [0.25, 0.3) is 0 Å². The predicted molar refractivity (Wildman–Crippen MR) is 117 cm³/mol. The Morgan fingerprint density at radius 3 is 2.80 bits per heavy atom. The summed E-state index contributed by atoms with van der Waals surface area (Å²) in [6.45, 7) is 0. The molecule has 2 aliphatic heterocycles. The minimum absolute atomic E-state index is 0.105. The first-order chi connectivity index (χ1) is 16.8. The molecule has 0 radical (unpaired) electrons. The lowest BCUT2D eigenvalue weighted by Crippen LogP contribution is -2.39. The average Bonchev–Trinajstić information content (AvgIpc) is 3.42. The highest BCUT2D eigenvalue weighted by Crippen LogP contribution is 2.58. The Hall–Kier alpha value is -4.28. The van der Waals surface area contributed by atoms with E-state index in [0.29, 0.717) is 60.0 Å². The largest absolute Gasteiger partial charge is 0.487 e. The van der Waals surface area contributed by atoms with Gasteiger partial charge >= 0.3 is 6.03 Å². The van der Waals surface area contributed by atoms with Crippen molar-refractivity contribution in [2.45, 2.75) is 30.9 Å². The molecule has 0 saturated heterocycles. The van der Waals surface area contributed by atoms with Gasteiger partial charge < -0.3 is 25.4 Å². The van der Waals surface area contributed by atoms with Crippen LogP contribution >= 0.6 is 0 Å². The summed E-state index contributed by atoms with van der Waals surface area (Å²) in [6, 6.07) is 7.05. The number of urea groups is 1. The first kappa shape index (κ1) is 21.3. The molecule has 3 amide bonds. The number of nitrogens with one attached hydrogen (secondary N) is 3. The molecule has 1 fully saturated rings. The van der Waals surface area contributed by atoms with Gasteiger partial charge in [-0.05, 0) is 30.7 Å². The van der Waals surface area contributed by atoms with E-state index in [1.54, 1.807) is 24.3 Å². The molecule has 178 valence electrons. The summed E-state index contributed by atoms with van der Waals surface area (Å²) in [5.74, 6) is -1.77. The number of carbonyl (C=O) groups excluding carboxylic acids is 2. The zero-order valence-corrected chi connectivity index (χ0v) is 18.0. The van der Waals surface area contributed by atoms with E-state index in [1.165, 1.54) is 6.20 Å². The molecule has 1 saturated carbocycles. The van der Waals surface area contributed by atoms with E-state index in [9.17, 15) is 22.8 Å². The number of benzene rings is 2. The molecular weight excluding hydrogens is 465 g/mol. The van der Waals surface area contributed by atoms with Crippen LogP contribution < -0.4 is 25.4 Å². The van der Waals surface area contributed by atoms with Gasteiger partial charge in [-0.1, -0.05) is 0 Å². The zero-order valence-electron chi connectivity index (χ0n) is 18.0. The van der Waals surface area contributed by atoms with Crippen molar-refractivity contribution >= 4 is 23.4 Å². The number of carbonyl (C=O) groups is 2. The summed E-state index contributed by atoms with van der Waals surface area (Å²) >= 11 is 0. The van der Waals surface area contributed by atoms with Crippen LogP contribution in [0.3, 0.4) is 0 Å². The monoisotopic (exact) mass is 482 g/mol. The number of aromatic nitrogens is 1. The lowest BCUT2D eigenvalue weighted by Gasteiger charge is -2.20. The van der Waals surface area contributed by atoms with Gasteiger partial charge in [-0.15, -0.1) is 0 Å². The molecule has 0 spiro atoms. The summed E-state index contributed by atoms with van der Waals surface area (Å²) in [5.41, 5.74) is 0.117. The van der Waals surface area contributed by atoms with E-state index in [4.69, 9.17) is 9.47 Å². The van der Waals surface area contributed by atoms with Crippen molar-refractivity contribution in [3.63, 3.8) is 0 Å². The number of ether oxygens (including phenoxy) is 2. The van der Waals surface area contributed by atoms with Crippen molar-refractivity contribution in [3.8, 4) is 17.2 Å². The van der Waals surface area contributed by atoms with Crippen LogP contribution in [0.4, 0.5) is 29.5 Å². The zero-order chi connectivity index (χ0) is 24.3. The van der Waals surface area contributed by atoms with Crippen LogP contribution in [0.15, 0.2) is 42.6 Å². The number of pyridine rings is 1. The standard InChI is InChI=1S/C24H17F3N4O4/c25-14-8-16(27)17(9-15(14)26)29-23(33)31-24-10-20(24)35-19-3-1-11(7-13(19)24)34-18-5-6-28-22-12(18)2-4-21(32)30-22/h1,3,5-9,20H,2,4,10H2,(H,28,30,32)(H2,29,31,33)/t20-,24?/m0/s1. The first-order valence-electron chi connectivity index (χ1n) is 10.8. The Kier molecular flexibility index (Phi) is 4.63. The highest BCUT2D eigenvalue weighted by molar-refractivity contribution is 5.93. The van der Waals surface area contributed by atoms with Crippen LogP contribution in [-0.4, -0.2) is 23.0 Å². The Bertz CT molecular complexity index is 1420. The van der Waals surface area contributed by atoms with Gasteiger partial charge in [0.1, 0.15) is 40.5 Å². The number of hydrogen-bond acceptors (Lipinski definition) is 5. The van der Waals surface area contributed by atoms with Crippen molar-refractivity contribution in [2.75, 3.05) is 10.6 Å². The van der Waals surface area contributed by atoms with Crippen LogP contribution in [0.5, 0.6) is 17.2 Å². The number of nitrogens with zero attached hydrogens (tertiary/aromatic N) is 1. The van der Waals surface area contributed by atoms with Gasteiger partial charge in [0.05, 0.1) is 5.69 Å². The third kappa shape index (κ3) is 3.59. The topological polar surface area (TPSA) is 102 Å². The molecule has 1 aromatic heterocycles. The fourth-order valence-electron chi connectivity index (χ4n) is 4.49. The molecule has 1 aliphatic carbocycles. The van der Waals surface area contributed by atoms with Crippen LogP contribution in [-0.2, 0) is 16.8 Å². The third-order valence-corrected chi connectivity index (χ3v) is 6.29. The van der Waals surface area contributed by atoms with E-state index in [1.807, 2.05) is 0 Å². The minimum atomic E-state index is -1.35. The smallest absolute Gasteiger partial charge is 0.320 e. The predicted octanol–water partition coefficient (Wildman–Crippen LogP) is 4.36. The molecule has 11 heteroatoms. The second kappa shape index (κ2) is 7.62. The normalized spacial score (nSPS) is 21.1. The number of halogens is 3. The molecule has 8 nitrogen and oxygen atoms in total. The van der Waals surface area contributed by atoms with Crippen molar-refractivity contribution in [3.05, 3.63) is 71.2 Å². The van der Waals surface area contributed by atoms with E-state index in [0.717, 1.165) is 5.56 Å². The lowest BCUT2D eigenvalue weighted by molar-refractivity contribution is -0.116. The molecule has 0 bridgehead atoms. The summed E-state index contributed by atoms with van der Waals surface area (Å²) in [6.07, 6.45) is 2.52. The second-order valence-corrected chi connectivity index (χ2v) is 8.55. The number of rotatable bonds is 4. The Morgan fingerprint density at radius 1 is 1.11 bits per heavy atom. The van der Waals surface area contributed by atoms with Gasteiger partial charge in [0.15, 0.2) is 11.6 Å². The average molecular weight is 482 g/mol. The van der Waals surface area contributed by atoms with Gasteiger partial charge in [-0.3, -0.25) is 4.79 Å². The summed E-state index contributed by atoms with van der Waals surface area (Å²) in [4.78, 5) is 28.4. The van der Waals surface area contributed by atoms with Crippen LogP contribution in [0.2, 0.25) is 0 Å². The third-order valence-electron chi connectivity index (χ3n) is 6.29. The fraction of sp³-hybridized carbons (Fsp3) is 0.208. The molecular formula is C24H17F3N4O4. The van der Waals surface area contributed by atoms with Gasteiger partial charge in [0.25, 0.3) is 0 Å². The molecule has 2 atom stereocenters. The molecule has 3 aromatic rings.